The van der Waals surface area contributed by atoms with Crippen molar-refractivity contribution < 1.29 is 14.6 Å². The number of rotatable bonds is 11. The lowest BCUT2D eigenvalue weighted by Gasteiger charge is -2.23. The number of nitrogen functional groups attached to an aromatic ring is 1. The number of nitrogens with zero attached hydrogens (tertiary/aromatic N) is 1. The van der Waals surface area contributed by atoms with Crippen molar-refractivity contribution in [3.05, 3.63) is 88.7 Å². The third-order valence-electron chi connectivity index (χ3n) is 5.35. The molecule has 0 aliphatic heterocycles. The number of aromatic nitrogens is 1. The number of benzene rings is 2. The van der Waals surface area contributed by atoms with Gasteiger partial charge in [-0.15, -0.1) is 0 Å². The minimum atomic E-state index is -1.01. The lowest BCUT2D eigenvalue weighted by Crippen LogP contribution is -2.22. The van der Waals surface area contributed by atoms with E-state index < -0.39 is 12.0 Å². The molecule has 33 heavy (non-hydrogen) atoms. The van der Waals surface area contributed by atoms with E-state index in [0.29, 0.717) is 29.2 Å². The fraction of sp³-hybridized carbons (Fsp3) is 0.269. The molecule has 0 saturated heterocycles. The van der Waals surface area contributed by atoms with Crippen LogP contribution in [0.25, 0.3) is 0 Å². The number of aryl methyl sites for hydroxylation is 2. The van der Waals surface area contributed by atoms with E-state index in [1.807, 2.05) is 18.2 Å². The summed E-state index contributed by atoms with van der Waals surface area (Å²) in [6.45, 7) is 4.43. The van der Waals surface area contributed by atoms with Gasteiger partial charge in [-0.2, -0.15) is 0 Å². The molecule has 3 aromatic rings. The number of amidine groups is 1. The van der Waals surface area contributed by atoms with Crippen molar-refractivity contribution >= 4 is 17.5 Å². The second-order valence-corrected chi connectivity index (χ2v) is 7.83. The number of nitrogens with two attached hydrogens (primary N) is 1. The van der Waals surface area contributed by atoms with Crippen LogP contribution in [0.2, 0.25) is 0 Å². The normalized spacial score (nSPS) is 11.6. The van der Waals surface area contributed by atoms with Gasteiger partial charge >= 0.3 is 5.97 Å². The van der Waals surface area contributed by atoms with Crippen LogP contribution in [0.4, 0.5) is 5.69 Å². The molecule has 3 rings (SSSR count). The smallest absolute Gasteiger partial charge is 0.330 e. The Balaban J connectivity index is 2.02. The molecule has 7 heteroatoms. The van der Waals surface area contributed by atoms with Crippen LogP contribution >= 0.6 is 0 Å². The van der Waals surface area contributed by atoms with E-state index in [1.54, 1.807) is 36.7 Å². The fourth-order valence-corrected chi connectivity index (χ4v) is 3.66. The quantitative estimate of drug-likeness (QED) is 0.250. The number of ether oxygens (including phenoxy) is 1. The SMILES string of the molecule is CCCc1cc(CC)cc([C@@H](Nc2ccc(C(=N)N)cc2)C(=O)O)c1OCc1cccnc1. The van der Waals surface area contributed by atoms with Gasteiger partial charge in [-0.25, -0.2) is 4.79 Å². The van der Waals surface area contributed by atoms with Gasteiger partial charge < -0.3 is 20.9 Å². The van der Waals surface area contributed by atoms with Gasteiger partial charge in [0.05, 0.1) is 0 Å². The molecule has 0 spiro atoms. The van der Waals surface area contributed by atoms with Gasteiger partial charge in [0.2, 0.25) is 0 Å². The molecule has 7 nitrogen and oxygen atoms in total. The van der Waals surface area contributed by atoms with E-state index in [1.165, 1.54) is 0 Å². The van der Waals surface area contributed by atoms with E-state index in [2.05, 4.69) is 30.2 Å². The topological polar surface area (TPSA) is 121 Å². The van der Waals surface area contributed by atoms with Crippen LogP contribution in [0, 0.1) is 5.41 Å². The van der Waals surface area contributed by atoms with Gasteiger partial charge in [-0.05, 0) is 60.4 Å². The molecule has 0 fully saturated rings. The number of aliphatic carboxylic acids is 1. The van der Waals surface area contributed by atoms with Gasteiger partial charge in [-0.3, -0.25) is 10.4 Å². The highest BCUT2D eigenvalue weighted by Crippen LogP contribution is 2.35. The highest BCUT2D eigenvalue weighted by Gasteiger charge is 2.26. The second kappa shape index (κ2) is 11.1. The Bertz CT molecular complexity index is 1100. The number of hydrogen-bond acceptors (Lipinski definition) is 5. The maximum atomic E-state index is 12.4. The van der Waals surface area contributed by atoms with Crippen LogP contribution in [0.15, 0.2) is 60.9 Å². The minimum absolute atomic E-state index is 0.0396. The Labute approximate surface area is 194 Å². The summed E-state index contributed by atoms with van der Waals surface area (Å²) in [6, 6.07) is 13.6. The van der Waals surface area contributed by atoms with Crippen molar-refractivity contribution in [1.29, 1.82) is 5.41 Å². The molecule has 0 saturated carbocycles. The summed E-state index contributed by atoms with van der Waals surface area (Å²) in [5.41, 5.74) is 10.3. The lowest BCUT2D eigenvalue weighted by atomic mass is 9.95. The Morgan fingerprint density at radius 1 is 1.18 bits per heavy atom. The van der Waals surface area contributed by atoms with E-state index >= 15 is 0 Å². The first-order valence-corrected chi connectivity index (χ1v) is 11.0. The summed E-state index contributed by atoms with van der Waals surface area (Å²) < 4.78 is 6.24. The highest BCUT2D eigenvalue weighted by atomic mass is 16.5. The predicted molar refractivity (Wildman–Crippen MR) is 130 cm³/mol. The molecule has 1 atom stereocenters. The van der Waals surface area contributed by atoms with E-state index in [0.717, 1.165) is 36.0 Å². The van der Waals surface area contributed by atoms with Crippen LogP contribution in [-0.2, 0) is 24.2 Å². The Hall–Kier alpha value is -3.87. The minimum Gasteiger partial charge on any atom is -0.488 e. The van der Waals surface area contributed by atoms with Crippen LogP contribution < -0.4 is 15.8 Å². The van der Waals surface area contributed by atoms with Crippen LogP contribution in [0.5, 0.6) is 5.75 Å². The van der Waals surface area contributed by atoms with Crippen LogP contribution in [-0.4, -0.2) is 21.9 Å². The molecular formula is C26H30N4O3. The number of carboxylic acid groups (broad SMARTS) is 1. The van der Waals surface area contributed by atoms with E-state index in [9.17, 15) is 9.90 Å². The Morgan fingerprint density at radius 3 is 2.52 bits per heavy atom. The number of pyridine rings is 1. The van der Waals surface area contributed by atoms with Gasteiger partial charge in [0.15, 0.2) is 6.04 Å². The number of nitrogens with one attached hydrogen (secondary N) is 2. The molecule has 5 N–H and O–H groups in total. The summed E-state index contributed by atoms with van der Waals surface area (Å²) in [7, 11) is 0. The Kier molecular flexibility index (Phi) is 8.02. The van der Waals surface area contributed by atoms with Crippen molar-refractivity contribution in [2.45, 2.75) is 45.8 Å². The molecule has 1 heterocycles. The zero-order valence-electron chi connectivity index (χ0n) is 19.0. The van der Waals surface area contributed by atoms with Gasteiger partial charge in [0, 0.05) is 34.8 Å². The Morgan fingerprint density at radius 2 is 1.94 bits per heavy atom. The number of carbonyl (C=O) groups is 1. The summed E-state index contributed by atoms with van der Waals surface area (Å²) in [5.74, 6) is -0.451. The van der Waals surface area contributed by atoms with Crippen LogP contribution in [0.3, 0.4) is 0 Å². The molecule has 0 radical (unpaired) electrons. The monoisotopic (exact) mass is 446 g/mol. The average Bonchev–Trinajstić information content (AvgIpc) is 2.82. The predicted octanol–water partition coefficient (Wildman–Crippen LogP) is 4.70. The third kappa shape index (κ3) is 6.10. The molecule has 0 unspecified atom stereocenters. The summed E-state index contributed by atoms with van der Waals surface area (Å²) in [4.78, 5) is 16.5. The van der Waals surface area contributed by atoms with Gasteiger partial charge in [-0.1, -0.05) is 32.4 Å². The first-order chi connectivity index (χ1) is 15.9. The van der Waals surface area contributed by atoms with Crippen molar-refractivity contribution in [3.8, 4) is 5.75 Å². The summed E-state index contributed by atoms with van der Waals surface area (Å²) in [5, 5.41) is 20.8. The molecule has 0 amide bonds. The molecule has 1 aromatic heterocycles. The molecule has 172 valence electrons. The fourth-order valence-electron chi connectivity index (χ4n) is 3.66. The lowest BCUT2D eigenvalue weighted by molar-refractivity contribution is -0.138. The highest BCUT2D eigenvalue weighted by molar-refractivity contribution is 5.95. The van der Waals surface area contributed by atoms with Crippen molar-refractivity contribution in [1.82, 2.24) is 4.98 Å². The van der Waals surface area contributed by atoms with Crippen LogP contribution in [0.1, 0.15) is 54.1 Å². The maximum absolute atomic E-state index is 12.4. The second-order valence-electron chi connectivity index (χ2n) is 7.83. The average molecular weight is 447 g/mol. The number of anilines is 1. The maximum Gasteiger partial charge on any atom is 0.330 e. The van der Waals surface area contributed by atoms with E-state index in [-0.39, 0.29) is 5.84 Å². The molecule has 0 aliphatic rings. The summed E-state index contributed by atoms with van der Waals surface area (Å²) >= 11 is 0. The van der Waals surface area contributed by atoms with Crippen molar-refractivity contribution in [2.75, 3.05) is 5.32 Å². The summed E-state index contributed by atoms with van der Waals surface area (Å²) in [6.07, 6.45) is 5.92. The van der Waals surface area contributed by atoms with Gasteiger partial charge in [0.1, 0.15) is 18.2 Å². The number of hydrogen-bond donors (Lipinski definition) is 4. The van der Waals surface area contributed by atoms with Crippen molar-refractivity contribution in [3.63, 3.8) is 0 Å². The standard InChI is InChI=1S/C26H30N4O3/c1-3-6-20-13-17(4-2)14-22(24(20)33-16-18-7-5-12-29-15-18)23(26(31)32)30-21-10-8-19(9-11-21)25(27)28/h5,7-15,23,30H,3-4,6,16H2,1-2H3,(H3,27,28)(H,31,32)/t23-/m1/s1. The molecule has 0 bridgehead atoms. The molecular weight excluding hydrogens is 416 g/mol. The largest absolute Gasteiger partial charge is 0.488 e. The van der Waals surface area contributed by atoms with Crippen molar-refractivity contribution in [2.24, 2.45) is 5.73 Å². The first kappa shape index (κ1) is 23.8. The zero-order chi connectivity index (χ0) is 23.8. The molecule has 2 aromatic carbocycles. The zero-order valence-corrected chi connectivity index (χ0v) is 19.0. The van der Waals surface area contributed by atoms with Gasteiger partial charge in [0.25, 0.3) is 0 Å². The third-order valence-corrected chi connectivity index (χ3v) is 5.35. The number of carboxylic acids is 1. The first-order valence-electron chi connectivity index (χ1n) is 11.0. The van der Waals surface area contributed by atoms with E-state index in [4.69, 9.17) is 15.9 Å². The molecule has 0 aliphatic carbocycles.